The first-order valence-electron chi connectivity index (χ1n) is 9.53. The molecule has 0 amide bonds. The zero-order valence-electron chi connectivity index (χ0n) is 19.9. The molecule has 0 aliphatic rings. The molecular weight excluding hydrogens is 518 g/mol. The predicted molar refractivity (Wildman–Crippen MR) is 104 cm³/mol. The van der Waals surface area contributed by atoms with Crippen LogP contribution in [0.3, 0.4) is 0 Å². The fourth-order valence-electron chi connectivity index (χ4n) is 0.760. The summed E-state index contributed by atoms with van der Waals surface area (Å²) in [6, 6.07) is 0. The maximum absolute atomic E-state index is 9.34. The molecule has 0 spiro atoms. The quantitative estimate of drug-likeness (QED) is 0.123. The van der Waals surface area contributed by atoms with Gasteiger partial charge in [0.1, 0.15) is 0 Å². The predicted octanol–water partition coefficient (Wildman–Crippen LogP) is -9.27. The molecule has 0 aromatic rings. The molecule has 7 N–H and O–H groups in total. The van der Waals surface area contributed by atoms with Crippen LogP contribution in [-0.4, -0.2) is 128 Å². The van der Waals surface area contributed by atoms with Crippen LogP contribution in [0.5, 0.6) is 0 Å². The Hall–Kier alpha value is -1.73. The normalized spacial score (nSPS) is 12.5. The molecule has 206 valence electrons. The third kappa shape index (κ3) is 54.6. The van der Waals surface area contributed by atoms with Crippen molar-refractivity contribution in [3.63, 3.8) is 0 Å². The van der Waals surface area contributed by atoms with E-state index in [1.54, 1.807) is 4.90 Å². The first-order valence-corrected chi connectivity index (χ1v) is 9.53. The van der Waals surface area contributed by atoms with E-state index in [2.05, 4.69) is 0 Å². The smallest absolute Gasteiger partial charge is 0.547 e. The van der Waals surface area contributed by atoms with Gasteiger partial charge < -0.3 is 75.3 Å². The first kappa shape index (κ1) is 46.6. The number of hydrogen-bond donors (Lipinski definition) is 7. The molecule has 16 nitrogen and oxygen atoms in total. The molecule has 0 aliphatic carbocycles. The van der Waals surface area contributed by atoms with Gasteiger partial charge in [0.05, 0.1) is 68.1 Å². The molecule has 0 saturated heterocycles. The van der Waals surface area contributed by atoms with E-state index >= 15 is 0 Å². The number of carboxylic acid groups (broad SMARTS) is 4. The van der Waals surface area contributed by atoms with Gasteiger partial charge in [0.2, 0.25) is 0 Å². The summed E-state index contributed by atoms with van der Waals surface area (Å²) in [5.74, 6) is -5.74. The third-order valence-corrected chi connectivity index (χ3v) is 2.61. The molecule has 0 rings (SSSR count). The van der Waals surface area contributed by atoms with Crippen molar-refractivity contribution in [2.45, 2.75) is 52.1 Å². The maximum atomic E-state index is 9.34. The molecule has 17 heteroatoms. The minimum absolute atomic E-state index is 0. The number of carbonyl (C=O) groups is 4. The van der Waals surface area contributed by atoms with Crippen molar-refractivity contribution in [1.82, 2.24) is 4.90 Å². The van der Waals surface area contributed by atoms with Crippen molar-refractivity contribution < 1.29 is 97.1 Å². The van der Waals surface area contributed by atoms with Gasteiger partial charge in [0.15, 0.2) is 0 Å². The Bertz CT molecular complexity index is 430. The monoisotopic (exact) mass is 553 g/mol. The zero-order chi connectivity index (χ0) is 28.4. The van der Waals surface area contributed by atoms with Gasteiger partial charge in [0, 0.05) is 19.6 Å². The van der Waals surface area contributed by atoms with E-state index in [1.807, 2.05) is 0 Å². The molecule has 0 aromatic carbocycles. The summed E-state index contributed by atoms with van der Waals surface area (Å²) in [6.45, 7) is 6.29. The molecule has 0 radical (unpaired) electrons. The Labute approximate surface area is 217 Å². The number of carboxylic acids is 4. The summed E-state index contributed by atoms with van der Waals surface area (Å²) in [7, 11) is 0. The first-order chi connectivity index (χ1) is 15.4. The SMILES string of the molecule is CC(O)C(=O)[O-].CC(O)C(=O)[O-].CC(O)C(=O)[O-].CC(O)C(=O)[O-].OCCN(CCO)CCO.[Ti+4]. The molecule has 0 fully saturated rings. The molecule has 35 heavy (non-hydrogen) atoms. The Morgan fingerprint density at radius 2 is 0.657 bits per heavy atom. The van der Waals surface area contributed by atoms with Crippen molar-refractivity contribution in [1.29, 1.82) is 0 Å². The molecule has 0 saturated carbocycles. The van der Waals surface area contributed by atoms with Crippen molar-refractivity contribution in [2.24, 2.45) is 0 Å². The van der Waals surface area contributed by atoms with Gasteiger partial charge in [-0.15, -0.1) is 0 Å². The summed E-state index contributed by atoms with van der Waals surface area (Å²) in [5, 5.41) is 94.7. The van der Waals surface area contributed by atoms with Crippen LogP contribution < -0.4 is 20.4 Å². The number of hydrogen-bond acceptors (Lipinski definition) is 16. The summed E-state index contributed by atoms with van der Waals surface area (Å²) < 4.78 is 0. The van der Waals surface area contributed by atoms with Crippen LogP contribution in [0.15, 0.2) is 0 Å². The molecule has 4 unspecified atom stereocenters. The second kappa shape index (κ2) is 32.3. The van der Waals surface area contributed by atoms with Gasteiger partial charge in [-0.1, -0.05) is 0 Å². The van der Waals surface area contributed by atoms with Crippen LogP contribution in [0.2, 0.25) is 0 Å². The van der Waals surface area contributed by atoms with Gasteiger partial charge >= 0.3 is 21.7 Å². The number of aliphatic carboxylic acids is 4. The van der Waals surface area contributed by atoms with Crippen LogP contribution in [-0.2, 0) is 40.9 Å². The minimum Gasteiger partial charge on any atom is -0.547 e. The molecule has 4 atom stereocenters. The second-order valence-electron chi connectivity index (χ2n) is 5.99. The Morgan fingerprint density at radius 3 is 0.714 bits per heavy atom. The molecule has 0 aromatic heterocycles. The Morgan fingerprint density at radius 1 is 0.543 bits per heavy atom. The summed E-state index contributed by atoms with van der Waals surface area (Å²) in [4.78, 5) is 39.1. The fourth-order valence-corrected chi connectivity index (χ4v) is 0.760. The number of aliphatic hydroxyl groups excluding tert-OH is 7. The van der Waals surface area contributed by atoms with E-state index in [0.717, 1.165) is 27.7 Å². The van der Waals surface area contributed by atoms with Crippen LogP contribution in [0, 0.1) is 0 Å². The van der Waals surface area contributed by atoms with E-state index in [1.165, 1.54) is 0 Å². The molecule has 0 aliphatic heterocycles. The average molecular weight is 553 g/mol. The van der Waals surface area contributed by atoms with E-state index < -0.39 is 48.3 Å². The average Bonchev–Trinajstić information content (AvgIpc) is 2.70. The van der Waals surface area contributed by atoms with E-state index in [9.17, 15) is 39.6 Å². The van der Waals surface area contributed by atoms with Gasteiger partial charge in [-0.3, -0.25) is 4.90 Å². The Balaban J connectivity index is -0.0000000761. The summed E-state index contributed by atoms with van der Waals surface area (Å²) in [6.07, 6.45) is -5.37. The largest absolute Gasteiger partial charge is 4.00 e. The number of nitrogens with zero attached hydrogens (tertiary/aromatic N) is 1. The summed E-state index contributed by atoms with van der Waals surface area (Å²) in [5.41, 5.74) is 0. The van der Waals surface area contributed by atoms with Gasteiger partial charge in [0.25, 0.3) is 0 Å². The molecule has 0 bridgehead atoms. The van der Waals surface area contributed by atoms with E-state index in [-0.39, 0.29) is 41.5 Å². The zero-order valence-corrected chi connectivity index (χ0v) is 21.5. The van der Waals surface area contributed by atoms with Crippen LogP contribution in [0.25, 0.3) is 0 Å². The van der Waals surface area contributed by atoms with Gasteiger partial charge in [-0.25, -0.2) is 0 Å². The third-order valence-electron chi connectivity index (χ3n) is 2.61. The second-order valence-corrected chi connectivity index (χ2v) is 5.99. The van der Waals surface area contributed by atoms with Crippen molar-refractivity contribution in [2.75, 3.05) is 39.5 Å². The maximum Gasteiger partial charge on any atom is 4.00 e. The van der Waals surface area contributed by atoms with Crippen molar-refractivity contribution in [3.05, 3.63) is 0 Å². The molecule has 0 heterocycles. The standard InChI is InChI=1S/C6H15NO3.4C3H6O3.Ti/c8-4-1-7(2-5-9)3-6-10;4*1-2(4)3(5)6;/h8-10H,1-6H2;4*2,4H,1H3,(H,5,6);/q;;;;;+4/p-4. The minimum atomic E-state index is -1.44. The van der Waals surface area contributed by atoms with E-state index in [0.29, 0.717) is 19.6 Å². The molecular formula is C18H35NO15Ti. The topological polar surface area (TPSA) is 305 Å². The fraction of sp³-hybridized carbons (Fsp3) is 0.778. The van der Waals surface area contributed by atoms with Crippen LogP contribution >= 0.6 is 0 Å². The summed E-state index contributed by atoms with van der Waals surface area (Å²) >= 11 is 0. The number of aliphatic hydroxyl groups is 7. The number of rotatable bonds is 10. The van der Waals surface area contributed by atoms with Crippen molar-refractivity contribution in [3.8, 4) is 0 Å². The Kier molecular flexibility index (Phi) is 43.0. The number of carbonyl (C=O) groups excluding carboxylic acids is 4. The van der Waals surface area contributed by atoms with Gasteiger partial charge in [-0.05, 0) is 27.7 Å². The van der Waals surface area contributed by atoms with Gasteiger partial charge in [-0.2, -0.15) is 0 Å². The van der Waals surface area contributed by atoms with Crippen LogP contribution in [0.4, 0.5) is 0 Å². The van der Waals surface area contributed by atoms with Crippen molar-refractivity contribution >= 4 is 23.9 Å². The van der Waals surface area contributed by atoms with Crippen LogP contribution in [0.1, 0.15) is 27.7 Å². The van der Waals surface area contributed by atoms with E-state index in [4.69, 9.17) is 35.7 Å².